The highest BCUT2D eigenvalue weighted by atomic mass is 35.5. The number of anilines is 1. The van der Waals surface area contributed by atoms with Crippen molar-refractivity contribution < 1.29 is 14.3 Å². The Morgan fingerprint density at radius 2 is 1.84 bits per heavy atom. The van der Waals surface area contributed by atoms with Crippen LogP contribution in [-0.2, 0) is 9.59 Å². The van der Waals surface area contributed by atoms with Crippen molar-refractivity contribution in [3.8, 4) is 5.75 Å². The molecule has 1 rings (SSSR count). The minimum Gasteiger partial charge on any atom is -0.484 e. The molecule has 1 aromatic carbocycles. The number of ether oxygens (including phenoxy) is 1. The first-order valence-corrected chi connectivity index (χ1v) is 5.63. The van der Waals surface area contributed by atoms with Crippen molar-refractivity contribution in [3.05, 3.63) is 24.3 Å². The SMILES string of the molecule is Cl.NCCCC(=O)Nc1ccc(OCC(N)=O)cc1. The number of halogens is 1. The molecule has 0 radical (unpaired) electrons. The van der Waals surface area contributed by atoms with Gasteiger partial charge in [-0.1, -0.05) is 0 Å². The highest BCUT2D eigenvalue weighted by molar-refractivity contribution is 5.90. The molecule has 5 N–H and O–H groups in total. The van der Waals surface area contributed by atoms with E-state index in [2.05, 4.69) is 5.32 Å². The summed E-state index contributed by atoms with van der Waals surface area (Å²) in [5, 5.41) is 2.73. The zero-order valence-electron chi connectivity index (χ0n) is 10.4. The number of nitrogens with two attached hydrogens (primary N) is 2. The lowest BCUT2D eigenvalue weighted by Crippen LogP contribution is -2.20. The standard InChI is InChI=1S/C12H17N3O3.ClH/c13-7-1-2-12(17)15-9-3-5-10(6-4-9)18-8-11(14)16;/h3-6H,1-2,7-8,13H2,(H2,14,16)(H,15,17);1H. The summed E-state index contributed by atoms with van der Waals surface area (Å²) in [6, 6.07) is 6.69. The van der Waals surface area contributed by atoms with Crippen LogP contribution in [0.15, 0.2) is 24.3 Å². The minimum atomic E-state index is -0.533. The number of rotatable bonds is 7. The number of nitrogens with one attached hydrogen (secondary N) is 1. The van der Waals surface area contributed by atoms with Crippen LogP contribution in [0.1, 0.15) is 12.8 Å². The normalized spacial score (nSPS) is 9.32. The monoisotopic (exact) mass is 287 g/mol. The van der Waals surface area contributed by atoms with Gasteiger partial charge in [-0.15, -0.1) is 12.4 Å². The Morgan fingerprint density at radius 3 is 2.37 bits per heavy atom. The summed E-state index contributed by atoms with van der Waals surface area (Å²) in [7, 11) is 0. The van der Waals surface area contributed by atoms with E-state index in [4.69, 9.17) is 16.2 Å². The lowest BCUT2D eigenvalue weighted by atomic mass is 10.2. The van der Waals surface area contributed by atoms with Gasteiger partial charge in [0, 0.05) is 12.1 Å². The highest BCUT2D eigenvalue weighted by Gasteiger charge is 2.02. The van der Waals surface area contributed by atoms with Crippen molar-refractivity contribution in [2.24, 2.45) is 11.5 Å². The quantitative estimate of drug-likeness (QED) is 0.684. The molecule has 7 heteroatoms. The Hall–Kier alpha value is -1.79. The molecular formula is C12H18ClN3O3. The van der Waals surface area contributed by atoms with E-state index in [1.54, 1.807) is 24.3 Å². The maximum Gasteiger partial charge on any atom is 0.255 e. The second kappa shape index (κ2) is 9.18. The molecule has 19 heavy (non-hydrogen) atoms. The fourth-order valence-electron chi connectivity index (χ4n) is 1.28. The molecule has 0 saturated carbocycles. The van der Waals surface area contributed by atoms with E-state index < -0.39 is 5.91 Å². The zero-order chi connectivity index (χ0) is 13.4. The highest BCUT2D eigenvalue weighted by Crippen LogP contribution is 2.15. The van der Waals surface area contributed by atoms with Crippen LogP contribution in [0.3, 0.4) is 0 Å². The summed E-state index contributed by atoms with van der Waals surface area (Å²) < 4.78 is 5.09. The lowest BCUT2D eigenvalue weighted by molar-refractivity contribution is -0.120. The predicted octanol–water partition coefficient (Wildman–Crippen LogP) is 0.650. The number of hydrogen-bond donors (Lipinski definition) is 3. The van der Waals surface area contributed by atoms with Gasteiger partial charge in [0.25, 0.3) is 5.91 Å². The van der Waals surface area contributed by atoms with Gasteiger partial charge in [0.1, 0.15) is 5.75 Å². The number of benzene rings is 1. The fraction of sp³-hybridized carbons (Fsp3) is 0.333. The van der Waals surface area contributed by atoms with E-state index in [1.165, 1.54) is 0 Å². The average Bonchev–Trinajstić information content (AvgIpc) is 2.35. The van der Waals surface area contributed by atoms with Gasteiger partial charge < -0.3 is 21.5 Å². The number of amides is 2. The predicted molar refractivity (Wildman–Crippen MR) is 75.3 cm³/mol. The van der Waals surface area contributed by atoms with Crippen molar-refractivity contribution in [1.29, 1.82) is 0 Å². The summed E-state index contributed by atoms with van der Waals surface area (Å²) >= 11 is 0. The van der Waals surface area contributed by atoms with Crippen LogP contribution in [0.4, 0.5) is 5.69 Å². The van der Waals surface area contributed by atoms with E-state index >= 15 is 0 Å². The van der Waals surface area contributed by atoms with E-state index in [0.29, 0.717) is 30.8 Å². The van der Waals surface area contributed by atoms with Crippen LogP contribution in [0.25, 0.3) is 0 Å². The van der Waals surface area contributed by atoms with Crippen molar-refractivity contribution in [1.82, 2.24) is 0 Å². The van der Waals surface area contributed by atoms with Gasteiger partial charge in [0.05, 0.1) is 0 Å². The van der Waals surface area contributed by atoms with Crippen molar-refractivity contribution in [2.45, 2.75) is 12.8 Å². The van der Waals surface area contributed by atoms with Crippen LogP contribution in [-0.4, -0.2) is 25.0 Å². The van der Waals surface area contributed by atoms with E-state index in [-0.39, 0.29) is 24.9 Å². The zero-order valence-corrected chi connectivity index (χ0v) is 11.2. The van der Waals surface area contributed by atoms with Gasteiger partial charge in [0.2, 0.25) is 5.91 Å². The molecule has 2 amide bonds. The van der Waals surface area contributed by atoms with Gasteiger partial charge in [-0.2, -0.15) is 0 Å². The van der Waals surface area contributed by atoms with Crippen LogP contribution < -0.4 is 21.5 Å². The van der Waals surface area contributed by atoms with Crippen LogP contribution in [0.5, 0.6) is 5.75 Å². The Bertz CT molecular complexity index is 409. The molecule has 0 aliphatic heterocycles. The molecule has 0 spiro atoms. The van der Waals surface area contributed by atoms with Gasteiger partial charge in [-0.05, 0) is 37.2 Å². The van der Waals surface area contributed by atoms with Crippen LogP contribution in [0, 0.1) is 0 Å². The van der Waals surface area contributed by atoms with Crippen molar-refractivity contribution >= 4 is 29.9 Å². The second-order valence-electron chi connectivity index (χ2n) is 3.72. The molecule has 0 unspecified atom stereocenters. The second-order valence-corrected chi connectivity index (χ2v) is 3.72. The van der Waals surface area contributed by atoms with Crippen molar-refractivity contribution in [2.75, 3.05) is 18.5 Å². The lowest BCUT2D eigenvalue weighted by Gasteiger charge is -2.07. The van der Waals surface area contributed by atoms with Gasteiger partial charge >= 0.3 is 0 Å². The third-order valence-electron chi connectivity index (χ3n) is 2.13. The smallest absolute Gasteiger partial charge is 0.255 e. The Morgan fingerprint density at radius 1 is 1.21 bits per heavy atom. The van der Waals surface area contributed by atoms with E-state index in [0.717, 1.165) is 0 Å². The third kappa shape index (κ3) is 7.28. The Labute approximate surface area is 117 Å². The maximum atomic E-state index is 11.4. The van der Waals surface area contributed by atoms with Gasteiger partial charge in [-0.25, -0.2) is 0 Å². The van der Waals surface area contributed by atoms with Gasteiger partial charge in [0.15, 0.2) is 6.61 Å². The minimum absolute atomic E-state index is 0. The molecule has 106 valence electrons. The molecule has 0 aromatic heterocycles. The summed E-state index contributed by atoms with van der Waals surface area (Å²) in [5.74, 6) is -0.0887. The topological polar surface area (TPSA) is 107 Å². The van der Waals surface area contributed by atoms with E-state index in [1.807, 2.05) is 0 Å². The van der Waals surface area contributed by atoms with Crippen LogP contribution >= 0.6 is 12.4 Å². The van der Waals surface area contributed by atoms with Crippen molar-refractivity contribution in [3.63, 3.8) is 0 Å². The molecule has 1 aromatic rings. The largest absolute Gasteiger partial charge is 0.484 e. The first-order valence-electron chi connectivity index (χ1n) is 5.63. The van der Waals surface area contributed by atoms with E-state index in [9.17, 15) is 9.59 Å². The molecule has 0 bridgehead atoms. The summed E-state index contributed by atoms with van der Waals surface area (Å²) in [6.07, 6.45) is 1.06. The molecule has 0 heterocycles. The first-order chi connectivity index (χ1) is 8.61. The molecule has 6 nitrogen and oxygen atoms in total. The summed E-state index contributed by atoms with van der Waals surface area (Å²) in [4.78, 5) is 21.9. The summed E-state index contributed by atoms with van der Waals surface area (Å²) in [6.45, 7) is 0.329. The van der Waals surface area contributed by atoms with Gasteiger partial charge in [-0.3, -0.25) is 9.59 Å². The average molecular weight is 288 g/mol. The third-order valence-corrected chi connectivity index (χ3v) is 2.13. The Kier molecular flexibility index (Phi) is 8.32. The maximum absolute atomic E-state index is 11.4. The summed E-state index contributed by atoms with van der Waals surface area (Å²) in [5.41, 5.74) is 10.9. The van der Waals surface area contributed by atoms with Crippen LogP contribution in [0.2, 0.25) is 0 Å². The fourth-order valence-corrected chi connectivity index (χ4v) is 1.28. The molecule has 0 aliphatic carbocycles. The number of hydrogen-bond acceptors (Lipinski definition) is 4. The molecular weight excluding hydrogens is 270 g/mol. The molecule has 0 aliphatic rings. The number of primary amides is 1. The Balaban J connectivity index is 0.00000324. The number of carbonyl (C=O) groups excluding carboxylic acids is 2. The molecule has 0 atom stereocenters. The number of carbonyl (C=O) groups is 2. The molecule has 0 saturated heterocycles. The molecule has 0 fully saturated rings. The first kappa shape index (κ1) is 17.2.